The summed E-state index contributed by atoms with van der Waals surface area (Å²) in [5.74, 6) is 0.861. The molecule has 2 atom stereocenters. The molecule has 2 unspecified atom stereocenters. The van der Waals surface area contributed by atoms with Crippen molar-refractivity contribution < 1.29 is 9.72 Å². The average Bonchev–Trinajstić information content (AvgIpc) is 2.81. The van der Waals surface area contributed by atoms with Crippen LogP contribution in [0.4, 0.5) is 11.4 Å². The molecule has 2 rings (SSSR count). The van der Waals surface area contributed by atoms with Gasteiger partial charge in [-0.25, -0.2) is 0 Å². The molecule has 6 nitrogen and oxygen atoms in total. The van der Waals surface area contributed by atoms with Crippen LogP contribution in [0.15, 0.2) is 18.2 Å². The second-order valence-electron chi connectivity index (χ2n) is 5.49. The number of nitro benzene ring substituents is 1. The summed E-state index contributed by atoms with van der Waals surface area (Å²) in [5, 5.41) is 13.6. The van der Waals surface area contributed by atoms with Crippen molar-refractivity contribution in [1.82, 2.24) is 5.32 Å². The van der Waals surface area contributed by atoms with Gasteiger partial charge in [0.2, 0.25) is 0 Å². The third-order valence-electron chi connectivity index (χ3n) is 3.88. The van der Waals surface area contributed by atoms with E-state index in [9.17, 15) is 14.9 Å². The van der Waals surface area contributed by atoms with E-state index in [4.69, 9.17) is 5.73 Å². The van der Waals surface area contributed by atoms with Gasteiger partial charge in [-0.1, -0.05) is 19.4 Å². The molecule has 3 N–H and O–H groups in total. The molecule has 1 aromatic rings. The number of anilines is 1. The maximum absolute atomic E-state index is 12.1. The molecule has 0 aliphatic heterocycles. The lowest BCUT2D eigenvalue weighted by Gasteiger charge is -2.12. The minimum Gasteiger partial charge on any atom is -0.393 e. The molecule has 0 bridgehead atoms. The van der Waals surface area contributed by atoms with Gasteiger partial charge in [-0.15, -0.1) is 0 Å². The normalized spacial score (nSPS) is 21.6. The van der Waals surface area contributed by atoms with E-state index in [-0.39, 0.29) is 22.8 Å². The quantitative estimate of drug-likeness (QED) is 0.501. The van der Waals surface area contributed by atoms with Gasteiger partial charge in [0.1, 0.15) is 5.69 Å². The molecule has 0 spiro atoms. The van der Waals surface area contributed by atoms with Crippen LogP contribution in [0.1, 0.15) is 36.5 Å². The Morgan fingerprint density at radius 1 is 1.50 bits per heavy atom. The highest BCUT2D eigenvalue weighted by Crippen LogP contribution is 2.30. The van der Waals surface area contributed by atoms with Crippen LogP contribution < -0.4 is 11.1 Å². The van der Waals surface area contributed by atoms with Gasteiger partial charge in [-0.05, 0) is 30.7 Å². The Labute approximate surface area is 117 Å². The number of amides is 1. The molecule has 6 heteroatoms. The van der Waals surface area contributed by atoms with Gasteiger partial charge in [0.25, 0.3) is 11.6 Å². The lowest BCUT2D eigenvalue weighted by molar-refractivity contribution is -0.383. The molecule has 0 heterocycles. The number of nitrogens with zero attached hydrogens (tertiary/aromatic N) is 1. The molecular formula is C14H19N3O3. The summed E-state index contributed by atoms with van der Waals surface area (Å²) < 4.78 is 0. The molecule has 1 aliphatic rings. The Bertz CT molecular complexity index is 530. The van der Waals surface area contributed by atoms with Crippen LogP contribution in [0.2, 0.25) is 0 Å². The van der Waals surface area contributed by atoms with Gasteiger partial charge >= 0.3 is 0 Å². The molecule has 20 heavy (non-hydrogen) atoms. The summed E-state index contributed by atoms with van der Waals surface area (Å²) in [5.41, 5.74) is 5.56. The lowest BCUT2D eigenvalue weighted by Crippen LogP contribution is -2.29. The fraction of sp³-hybridized carbons (Fsp3) is 0.500. The Kier molecular flexibility index (Phi) is 4.22. The number of rotatable bonds is 4. The van der Waals surface area contributed by atoms with Crippen molar-refractivity contribution >= 4 is 17.3 Å². The predicted molar refractivity (Wildman–Crippen MR) is 76.3 cm³/mol. The molecule has 1 aromatic carbocycles. The van der Waals surface area contributed by atoms with Gasteiger partial charge in [0.15, 0.2) is 0 Å². The van der Waals surface area contributed by atoms with Gasteiger partial charge in [0, 0.05) is 12.6 Å². The first-order valence-corrected chi connectivity index (χ1v) is 6.80. The van der Waals surface area contributed by atoms with Crippen molar-refractivity contribution in [3.8, 4) is 0 Å². The van der Waals surface area contributed by atoms with Crippen LogP contribution in [0, 0.1) is 22.0 Å². The number of hydrogen-bond acceptors (Lipinski definition) is 4. The van der Waals surface area contributed by atoms with Crippen molar-refractivity contribution in [2.24, 2.45) is 11.8 Å². The first-order chi connectivity index (χ1) is 9.49. The monoisotopic (exact) mass is 277 g/mol. The fourth-order valence-corrected chi connectivity index (χ4v) is 2.75. The summed E-state index contributed by atoms with van der Waals surface area (Å²) in [6.07, 6.45) is 3.43. The number of hydrogen-bond donors (Lipinski definition) is 2. The van der Waals surface area contributed by atoms with Crippen LogP contribution >= 0.6 is 0 Å². The molecule has 1 fully saturated rings. The van der Waals surface area contributed by atoms with Crippen molar-refractivity contribution in [2.45, 2.75) is 26.2 Å². The summed E-state index contributed by atoms with van der Waals surface area (Å²) in [6.45, 7) is 2.81. The highest BCUT2D eigenvalue weighted by molar-refractivity contribution is 6.00. The van der Waals surface area contributed by atoms with Crippen LogP contribution in [-0.2, 0) is 0 Å². The largest absolute Gasteiger partial charge is 0.393 e. The maximum Gasteiger partial charge on any atom is 0.292 e. The van der Waals surface area contributed by atoms with E-state index in [2.05, 4.69) is 12.2 Å². The van der Waals surface area contributed by atoms with Crippen LogP contribution in [0.25, 0.3) is 0 Å². The third kappa shape index (κ3) is 3.07. The number of nitrogen functional groups attached to an aromatic ring is 1. The predicted octanol–water partition coefficient (Wildman–Crippen LogP) is 2.34. The first kappa shape index (κ1) is 14.3. The lowest BCUT2D eigenvalue weighted by atomic mass is 10.1. The SMILES string of the molecule is CC1CCC(CNC(=O)c2cccc([N+](=O)[O-])c2N)C1. The van der Waals surface area contributed by atoms with Gasteiger partial charge in [-0.3, -0.25) is 14.9 Å². The molecule has 0 radical (unpaired) electrons. The zero-order valence-corrected chi connectivity index (χ0v) is 11.5. The second kappa shape index (κ2) is 5.90. The smallest absolute Gasteiger partial charge is 0.292 e. The number of nitrogens with one attached hydrogen (secondary N) is 1. The molecule has 108 valence electrons. The van der Waals surface area contributed by atoms with Crippen molar-refractivity contribution in [3.05, 3.63) is 33.9 Å². The van der Waals surface area contributed by atoms with Crippen LogP contribution in [0.5, 0.6) is 0 Å². The molecular weight excluding hydrogens is 258 g/mol. The Hall–Kier alpha value is -2.11. The van der Waals surface area contributed by atoms with Crippen LogP contribution in [0.3, 0.4) is 0 Å². The molecule has 1 aliphatic carbocycles. The first-order valence-electron chi connectivity index (χ1n) is 6.80. The number of nitro groups is 1. The second-order valence-corrected chi connectivity index (χ2v) is 5.49. The van der Waals surface area contributed by atoms with E-state index in [0.29, 0.717) is 18.4 Å². The average molecular weight is 277 g/mol. The molecule has 1 saturated carbocycles. The highest BCUT2D eigenvalue weighted by atomic mass is 16.6. The number of carbonyl (C=O) groups is 1. The number of carbonyl (C=O) groups excluding carboxylic acids is 1. The fourth-order valence-electron chi connectivity index (χ4n) is 2.75. The minimum atomic E-state index is -0.579. The number of nitrogens with two attached hydrogens (primary N) is 1. The third-order valence-corrected chi connectivity index (χ3v) is 3.88. The number of benzene rings is 1. The van der Waals surface area contributed by atoms with E-state index in [1.807, 2.05) is 0 Å². The van der Waals surface area contributed by atoms with Crippen molar-refractivity contribution in [1.29, 1.82) is 0 Å². The summed E-state index contributed by atoms with van der Waals surface area (Å²) in [7, 11) is 0. The summed E-state index contributed by atoms with van der Waals surface area (Å²) in [6, 6.07) is 4.28. The highest BCUT2D eigenvalue weighted by Gasteiger charge is 2.23. The Balaban J connectivity index is 2.02. The van der Waals surface area contributed by atoms with Gasteiger partial charge < -0.3 is 11.1 Å². The van der Waals surface area contributed by atoms with Crippen molar-refractivity contribution in [2.75, 3.05) is 12.3 Å². The molecule has 0 aromatic heterocycles. The zero-order valence-electron chi connectivity index (χ0n) is 11.5. The van der Waals surface area contributed by atoms with E-state index in [1.165, 1.54) is 24.6 Å². The Morgan fingerprint density at radius 3 is 2.85 bits per heavy atom. The van der Waals surface area contributed by atoms with E-state index >= 15 is 0 Å². The van der Waals surface area contributed by atoms with Crippen molar-refractivity contribution in [3.63, 3.8) is 0 Å². The molecule has 1 amide bonds. The van der Waals surface area contributed by atoms with Gasteiger partial charge in [-0.2, -0.15) is 0 Å². The van der Waals surface area contributed by atoms with Crippen LogP contribution in [-0.4, -0.2) is 17.4 Å². The molecule has 0 saturated heterocycles. The summed E-state index contributed by atoms with van der Waals surface area (Å²) >= 11 is 0. The van der Waals surface area contributed by atoms with E-state index in [1.54, 1.807) is 0 Å². The summed E-state index contributed by atoms with van der Waals surface area (Å²) in [4.78, 5) is 22.3. The minimum absolute atomic E-state index is 0.0743. The number of para-hydroxylation sites is 1. The van der Waals surface area contributed by atoms with E-state index < -0.39 is 4.92 Å². The zero-order chi connectivity index (χ0) is 14.7. The standard InChI is InChI=1S/C14H19N3O3/c1-9-5-6-10(7-9)8-16-14(18)11-3-2-4-12(13(11)15)17(19)20/h2-4,9-10H,5-8,15H2,1H3,(H,16,18). The maximum atomic E-state index is 12.1. The van der Waals surface area contributed by atoms with Gasteiger partial charge in [0.05, 0.1) is 10.5 Å². The van der Waals surface area contributed by atoms with E-state index in [0.717, 1.165) is 12.8 Å². The Morgan fingerprint density at radius 2 is 2.25 bits per heavy atom. The topological polar surface area (TPSA) is 98.3 Å².